The summed E-state index contributed by atoms with van der Waals surface area (Å²) in [5.74, 6) is 1.40. The summed E-state index contributed by atoms with van der Waals surface area (Å²) in [5.41, 5.74) is 0. The first-order valence-corrected chi connectivity index (χ1v) is 5.29. The van der Waals surface area contributed by atoms with Crippen LogP contribution < -0.4 is 5.32 Å². The smallest absolute Gasteiger partial charge is 0.257 e. The average molecular weight is 242 g/mol. The quantitative estimate of drug-likeness (QED) is 0.710. The lowest BCUT2D eigenvalue weighted by molar-refractivity contribution is 0.776. The molecular weight excluding hydrogens is 232 g/mol. The van der Waals surface area contributed by atoms with Crippen molar-refractivity contribution >= 4 is 5.95 Å². The number of nitrogens with one attached hydrogen (secondary N) is 1. The fourth-order valence-electron chi connectivity index (χ4n) is 1.45. The molecule has 0 radical (unpaired) electrons. The molecule has 0 aliphatic carbocycles. The van der Waals surface area contributed by atoms with Gasteiger partial charge in [-0.1, -0.05) is 0 Å². The maximum Gasteiger partial charge on any atom is 0.257 e. The SMILES string of the molecule is CNc1nc(-n2ccnc2)nc(-n2cccn2)n1. The van der Waals surface area contributed by atoms with Crippen molar-refractivity contribution in [3.05, 3.63) is 37.2 Å². The topological polar surface area (TPSA) is 86.3 Å². The van der Waals surface area contributed by atoms with Crippen LogP contribution in [0.2, 0.25) is 0 Å². The number of aromatic nitrogens is 7. The Morgan fingerprint density at radius 3 is 2.61 bits per heavy atom. The van der Waals surface area contributed by atoms with Crippen LogP contribution in [0.25, 0.3) is 11.9 Å². The monoisotopic (exact) mass is 242 g/mol. The third-order valence-corrected chi connectivity index (χ3v) is 2.28. The van der Waals surface area contributed by atoms with E-state index >= 15 is 0 Å². The second-order valence-corrected chi connectivity index (χ2v) is 3.43. The van der Waals surface area contributed by atoms with Gasteiger partial charge in [-0.2, -0.15) is 20.1 Å². The van der Waals surface area contributed by atoms with Gasteiger partial charge in [0.15, 0.2) is 0 Å². The molecule has 3 aromatic heterocycles. The lowest BCUT2D eigenvalue weighted by Gasteiger charge is -2.06. The van der Waals surface area contributed by atoms with Crippen molar-refractivity contribution in [2.45, 2.75) is 0 Å². The first kappa shape index (κ1) is 10.4. The first-order chi connectivity index (χ1) is 8.86. The number of rotatable bonds is 3. The van der Waals surface area contributed by atoms with Crippen molar-refractivity contribution in [3.8, 4) is 11.9 Å². The lowest BCUT2D eigenvalue weighted by atomic mass is 10.7. The molecule has 0 bridgehead atoms. The Morgan fingerprint density at radius 1 is 1.06 bits per heavy atom. The molecule has 8 heteroatoms. The van der Waals surface area contributed by atoms with E-state index in [1.165, 1.54) is 0 Å². The summed E-state index contributed by atoms with van der Waals surface area (Å²) in [5, 5.41) is 6.99. The molecule has 0 atom stereocenters. The summed E-state index contributed by atoms with van der Waals surface area (Å²) in [6, 6.07) is 1.81. The molecule has 8 nitrogen and oxygen atoms in total. The van der Waals surface area contributed by atoms with Crippen LogP contribution in [-0.2, 0) is 0 Å². The van der Waals surface area contributed by atoms with Crippen molar-refractivity contribution in [3.63, 3.8) is 0 Å². The molecule has 1 N–H and O–H groups in total. The van der Waals surface area contributed by atoms with Crippen LogP contribution in [0.5, 0.6) is 0 Å². The van der Waals surface area contributed by atoms with Gasteiger partial charge < -0.3 is 5.32 Å². The van der Waals surface area contributed by atoms with Gasteiger partial charge in [-0.3, -0.25) is 4.57 Å². The van der Waals surface area contributed by atoms with E-state index in [9.17, 15) is 0 Å². The Labute approximate surface area is 102 Å². The van der Waals surface area contributed by atoms with E-state index in [0.717, 1.165) is 0 Å². The van der Waals surface area contributed by atoms with Gasteiger partial charge in [0.2, 0.25) is 11.9 Å². The van der Waals surface area contributed by atoms with Crippen molar-refractivity contribution in [1.82, 2.24) is 34.3 Å². The van der Waals surface area contributed by atoms with Crippen LogP contribution in [0.4, 0.5) is 5.95 Å². The maximum absolute atomic E-state index is 4.33. The van der Waals surface area contributed by atoms with Crippen LogP contribution in [-0.4, -0.2) is 41.3 Å². The maximum atomic E-state index is 4.33. The minimum atomic E-state index is 0.447. The highest BCUT2D eigenvalue weighted by atomic mass is 15.4. The molecule has 0 aromatic carbocycles. The predicted molar refractivity (Wildman–Crippen MR) is 63.6 cm³/mol. The van der Waals surface area contributed by atoms with Crippen molar-refractivity contribution in [2.24, 2.45) is 0 Å². The van der Waals surface area contributed by atoms with E-state index in [2.05, 4.69) is 30.4 Å². The highest BCUT2D eigenvalue weighted by Gasteiger charge is 2.08. The summed E-state index contributed by atoms with van der Waals surface area (Å²) >= 11 is 0. The molecule has 3 aromatic rings. The Kier molecular flexibility index (Phi) is 2.45. The molecule has 0 spiro atoms. The average Bonchev–Trinajstić information content (AvgIpc) is 3.10. The highest BCUT2D eigenvalue weighted by molar-refractivity contribution is 5.31. The zero-order chi connectivity index (χ0) is 12.4. The van der Waals surface area contributed by atoms with Gasteiger partial charge in [-0.25, -0.2) is 9.67 Å². The third-order valence-electron chi connectivity index (χ3n) is 2.28. The molecule has 0 aliphatic heterocycles. The highest BCUT2D eigenvalue weighted by Crippen LogP contribution is 2.07. The number of anilines is 1. The summed E-state index contributed by atoms with van der Waals surface area (Å²) in [6.07, 6.45) is 8.49. The molecular formula is C10H10N8. The zero-order valence-corrected chi connectivity index (χ0v) is 9.59. The van der Waals surface area contributed by atoms with E-state index < -0.39 is 0 Å². The second kappa shape index (κ2) is 4.24. The molecule has 3 heterocycles. The largest absolute Gasteiger partial charge is 0.357 e. The van der Waals surface area contributed by atoms with Gasteiger partial charge in [0, 0.05) is 31.8 Å². The minimum Gasteiger partial charge on any atom is -0.357 e. The molecule has 0 amide bonds. The molecule has 0 saturated carbocycles. The van der Waals surface area contributed by atoms with E-state index in [1.807, 2.05) is 0 Å². The van der Waals surface area contributed by atoms with E-state index in [1.54, 1.807) is 53.5 Å². The normalized spacial score (nSPS) is 10.5. The number of nitrogens with zero attached hydrogens (tertiary/aromatic N) is 7. The van der Waals surface area contributed by atoms with Crippen LogP contribution in [0.3, 0.4) is 0 Å². The van der Waals surface area contributed by atoms with Gasteiger partial charge in [0.1, 0.15) is 6.33 Å². The van der Waals surface area contributed by atoms with Crippen LogP contribution >= 0.6 is 0 Å². The number of imidazole rings is 1. The van der Waals surface area contributed by atoms with E-state index in [4.69, 9.17) is 0 Å². The van der Waals surface area contributed by atoms with E-state index in [0.29, 0.717) is 17.8 Å². The molecule has 3 rings (SSSR count). The number of hydrogen-bond donors (Lipinski definition) is 1. The summed E-state index contributed by atoms with van der Waals surface area (Å²) in [4.78, 5) is 16.8. The molecule has 0 unspecified atom stereocenters. The van der Waals surface area contributed by atoms with Gasteiger partial charge in [0.25, 0.3) is 5.95 Å². The summed E-state index contributed by atoms with van der Waals surface area (Å²) in [6.45, 7) is 0. The zero-order valence-electron chi connectivity index (χ0n) is 9.59. The lowest BCUT2D eigenvalue weighted by Crippen LogP contribution is -2.10. The predicted octanol–water partition coefficient (Wildman–Crippen LogP) is 0.285. The van der Waals surface area contributed by atoms with Gasteiger partial charge in [-0.05, 0) is 6.07 Å². The molecule has 0 saturated heterocycles. The molecule has 0 fully saturated rings. The standard InChI is InChI=1S/C10H10N8/c1-11-8-14-9(17-6-4-12-7-17)16-10(15-8)18-5-2-3-13-18/h2-7H,1H3,(H,11,14,15,16). The second-order valence-electron chi connectivity index (χ2n) is 3.43. The minimum absolute atomic E-state index is 0.447. The van der Waals surface area contributed by atoms with Crippen LogP contribution in [0.1, 0.15) is 0 Å². The van der Waals surface area contributed by atoms with Gasteiger partial charge in [0.05, 0.1) is 0 Å². The Balaban J connectivity index is 2.13. The first-order valence-electron chi connectivity index (χ1n) is 5.29. The van der Waals surface area contributed by atoms with Crippen LogP contribution in [0, 0.1) is 0 Å². The van der Waals surface area contributed by atoms with Gasteiger partial charge >= 0.3 is 0 Å². The Bertz CT molecular complexity index is 575. The van der Waals surface area contributed by atoms with Crippen molar-refractivity contribution in [2.75, 3.05) is 12.4 Å². The van der Waals surface area contributed by atoms with Crippen molar-refractivity contribution in [1.29, 1.82) is 0 Å². The Morgan fingerprint density at radius 2 is 1.94 bits per heavy atom. The number of hydrogen-bond acceptors (Lipinski definition) is 6. The molecule has 0 aliphatic rings. The summed E-state index contributed by atoms with van der Waals surface area (Å²) in [7, 11) is 1.75. The third kappa shape index (κ3) is 1.79. The van der Waals surface area contributed by atoms with Crippen molar-refractivity contribution < 1.29 is 0 Å². The fourth-order valence-corrected chi connectivity index (χ4v) is 1.45. The summed E-state index contributed by atoms with van der Waals surface area (Å²) < 4.78 is 3.28. The fraction of sp³-hybridized carbons (Fsp3) is 0.100. The van der Waals surface area contributed by atoms with Crippen LogP contribution in [0.15, 0.2) is 37.2 Å². The van der Waals surface area contributed by atoms with Gasteiger partial charge in [-0.15, -0.1) is 0 Å². The Hall–Kier alpha value is -2.77. The molecule has 18 heavy (non-hydrogen) atoms. The van der Waals surface area contributed by atoms with E-state index in [-0.39, 0.29) is 0 Å². The molecule has 90 valence electrons.